The molecule has 0 spiro atoms. The van der Waals surface area contributed by atoms with Crippen LogP contribution in [0.2, 0.25) is 0 Å². The Morgan fingerprint density at radius 3 is 2.06 bits per heavy atom. The average molecular weight is 505 g/mol. The Bertz CT molecular complexity index is 937. The highest BCUT2D eigenvalue weighted by Crippen LogP contribution is 2.65. The largest absolute Gasteiger partial charge is 0.460 e. The number of esters is 1. The molecule has 3 rings (SSSR count). The first kappa shape index (κ1) is 28.3. The van der Waals surface area contributed by atoms with Gasteiger partial charge in [-0.15, -0.1) is 0 Å². The number of carbonyl (C=O) groups is 5. The molecule has 2 amide bonds. The van der Waals surface area contributed by atoms with Crippen LogP contribution in [0, 0.1) is 40.4 Å². The van der Waals surface area contributed by atoms with Gasteiger partial charge in [-0.25, -0.2) is 0 Å². The Morgan fingerprint density at radius 2 is 1.58 bits per heavy atom. The van der Waals surface area contributed by atoms with Crippen molar-refractivity contribution in [2.45, 2.75) is 99.1 Å². The van der Waals surface area contributed by atoms with Crippen LogP contribution >= 0.6 is 0 Å². The van der Waals surface area contributed by atoms with E-state index in [1.54, 1.807) is 25.7 Å². The summed E-state index contributed by atoms with van der Waals surface area (Å²) in [5.41, 5.74) is 4.01. The van der Waals surface area contributed by atoms with E-state index in [0.717, 1.165) is 12.8 Å². The number of fused-ring (bicyclic) bond motifs is 1. The highest BCUT2D eigenvalue weighted by Gasteiger charge is 2.69. The van der Waals surface area contributed by atoms with Crippen LogP contribution in [0.1, 0.15) is 87.5 Å². The number of rotatable bonds is 10. The molecule has 0 aromatic heterocycles. The quantitative estimate of drug-likeness (QED) is 0.360. The number of likely N-dealkylation sites (tertiary alicyclic amines) is 1. The van der Waals surface area contributed by atoms with Gasteiger partial charge in [0.15, 0.2) is 5.78 Å². The molecule has 5 atom stereocenters. The van der Waals surface area contributed by atoms with Gasteiger partial charge < -0.3 is 15.4 Å². The van der Waals surface area contributed by atoms with Crippen molar-refractivity contribution < 1.29 is 28.7 Å². The molecule has 0 aromatic rings. The Hall–Kier alpha value is -2.25. The summed E-state index contributed by atoms with van der Waals surface area (Å²) >= 11 is 0. The van der Waals surface area contributed by atoms with E-state index in [0.29, 0.717) is 18.9 Å². The van der Waals surface area contributed by atoms with Crippen molar-refractivity contribution in [1.29, 1.82) is 0 Å². The average Bonchev–Trinajstić information content (AvgIpc) is 3.55. The predicted octanol–water partition coefficient (Wildman–Crippen LogP) is 3.29. The number of hydrogen-bond donors (Lipinski definition) is 1. The van der Waals surface area contributed by atoms with Gasteiger partial charge in [0.1, 0.15) is 5.60 Å². The minimum Gasteiger partial charge on any atom is -0.460 e. The molecular weight excluding hydrogens is 460 g/mol. The number of ketones is 2. The van der Waals surface area contributed by atoms with E-state index in [-0.39, 0.29) is 41.8 Å². The summed E-state index contributed by atoms with van der Waals surface area (Å²) in [4.78, 5) is 66.1. The fraction of sp³-hybridized carbons (Fsp3) is 0.821. The molecule has 3 fully saturated rings. The lowest BCUT2D eigenvalue weighted by atomic mass is 9.77. The Labute approximate surface area is 215 Å². The molecule has 1 heterocycles. The lowest BCUT2D eigenvalue weighted by Crippen LogP contribution is -2.51. The van der Waals surface area contributed by atoms with Gasteiger partial charge in [-0.2, -0.15) is 0 Å². The summed E-state index contributed by atoms with van der Waals surface area (Å²) in [6.07, 6.45) is 2.30. The summed E-state index contributed by atoms with van der Waals surface area (Å²) in [5.74, 6) is -3.43. The summed E-state index contributed by atoms with van der Waals surface area (Å²) < 4.78 is 5.50. The fourth-order valence-corrected chi connectivity index (χ4v) is 6.00. The van der Waals surface area contributed by atoms with E-state index in [1.807, 2.05) is 20.8 Å². The van der Waals surface area contributed by atoms with Crippen molar-refractivity contribution in [2.24, 2.45) is 46.2 Å². The van der Waals surface area contributed by atoms with E-state index in [1.165, 1.54) is 0 Å². The number of nitrogens with two attached hydrogens (primary N) is 1. The Kier molecular flexibility index (Phi) is 7.53. The van der Waals surface area contributed by atoms with Gasteiger partial charge in [0, 0.05) is 18.9 Å². The SMILES string of the molecule is CC(C)(C)OC(=O)C[C@H](C(=O)N1C[C@H]2[C@@H]([C@H]1C(=O)C[C@@H](CC1CC1)C(=O)C(N)=O)C2(C)C)C(C)(C)C. The van der Waals surface area contributed by atoms with E-state index in [2.05, 4.69) is 13.8 Å². The number of Topliss-reactive ketones (excluding diaryl/α,β-unsaturated/α-hetero) is 2. The molecule has 0 unspecified atom stereocenters. The van der Waals surface area contributed by atoms with Crippen molar-refractivity contribution in [3.05, 3.63) is 0 Å². The highest BCUT2D eigenvalue weighted by atomic mass is 16.6. The third-order valence-electron chi connectivity index (χ3n) is 8.33. The number of carbonyl (C=O) groups excluding carboxylic acids is 5. The van der Waals surface area contributed by atoms with Gasteiger partial charge in [-0.05, 0) is 55.8 Å². The minimum atomic E-state index is -1.01. The monoisotopic (exact) mass is 504 g/mol. The molecule has 0 aromatic carbocycles. The topological polar surface area (TPSA) is 124 Å². The molecule has 8 nitrogen and oxygen atoms in total. The molecule has 1 aliphatic heterocycles. The zero-order chi connectivity index (χ0) is 27.4. The third kappa shape index (κ3) is 6.17. The first-order valence-corrected chi connectivity index (χ1v) is 13.2. The molecular formula is C28H44N2O6. The van der Waals surface area contributed by atoms with Crippen LogP contribution in [0.25, 0.3) is 0 Å². The van der Waals surface area contributed by atoms with Gasteiger partial charge in [-0.1, -0.05) is 47.5 Å². The van der Waals surface area contributed by atoms with Crippen molar-refractivity contribution in [2.75, 3.05) is 6.54 Å². The standard InChI is InChI=1S/C28H44N2O6/c1-26(2,3)17(13-20(32)36-27(4,5)6)25(35)30-14-18-21(28(18,7)8)22(30)19(31)12-16(11-15-9-10-15)23(33)24(29)34/h15-18,21-22H,9-14H2,1-8H3,(H2,29,34)/t16-,17-,18+,21+,22-/m1/s1. The van der Waals surface area contributed by atoms with Crippen LogP contribution in [0.4, 0.5) is 0 Å². The zero-order valence-electron chi connectivity index (χ0n) is 23.2. The van der Waals surface area contributed by atoms with E-state index < -0.39 is 46.6 Å². The summed E-state index contributed by atoms with van der Waals surface area (Å²) in [6, 6.07) is -0.664. The van der Waals surface area contributed by atoms with Gasteiger partial charge in [0.25, 0.3) is 5.91 Å². The molecule has 8 heteroatoms. The van der Waals surface area contributed by atoms with Crippen LogP contribution in [0.5, 0.6) is 0 Å². The lowest BCUT2D eigenvalue weighted by Gasteiger charge is -2.37. The predicted molar refractivity (Wildman–Crippen MR) is 134 cm³/mol. The molecule has 1 saturated heterocycles. The number of piperidine rings is 1. The maximum absolute atomic E-state index is 13.9. The molecule has 0 bridgehead atoms. The fourth-order valence-electron chi connectivity index (χ4n) is 6.00. The number of ether oxygens (including phenoxy) is 1. The molecule has 2 aliphatic carbocycles. The molecule has 2 saturated carbocycles. The number of hydrogen-bond acceptors (Lipinski definition) is 6. The maximum atomic E-state index is 13.9. The highest BCUT2D eigenvalue weighted by molar-refractivity contribution is 6.36. The van der Waals surface area contributed by atoms with Crippen molar-refractivity contribution in [3.8, 4) is 0 Å². The van der Waals surface area contributed by atoms with Gasteiger partial charge in [-0.3, -0.25) is 24.0 Å². The Balaban J connectivity index is 1.83. The molecule has 202 valence electrons. The van der Waals surface area contributed by atoms with Crippen LogP contribution in [0.15, 0.2) is 0 Å². The van der Waals surface area contributed by atoms with Crippen LogP contribution < -0.4 is 5.73 Å². The summed E-state index contributed by atoms with van der Waals surface area (Å²) in [7, 11) is 0. The summed E-state index contributed by atoms with van der Waals surface area (Å²) in [6.45, 7) is 15.7. The van der Waals surface area contributed by atoms with Crippen LogP contribution in [-0.2, 0) is 28.7 Å². The van der Waals surface area contributed by atoms with E-state index in [9.17, 15) is 24.0 Å². The molecule has 2 N–H and O–H groups in total. The second-order valence-electron chi connectivity index (χ2n) is 13.9. The normalized spacial score (nSPS) is 26.6. The Morgan fingerprint density at radius 1 is 1.00 bits per heavy atom. The number of primary amides is 1. The maximum Gasteiger partial charge on any atom is 0.307 e. The lowest BCUT2D eigenvalue weighted by molar-refractivity contribution is -0.161. The first-order chi connectivity index (χ1) is 16.3. The minimum absolute atomic E-state index is 0.00125. The van der Waals surface area contributed by atoms with E-state index >= 15 is 0 Å². The molecule has 0 radical (unpaired) electrons. The third-order valence-corrected chi connectivity index (χ3v) is 8.33. The number of amides is 2. The summed E-state index contributed by atoms with van der Waals surface area (Å²) in [5, 5.41) is 0. The van der Waals surface area contributed by atoms with Crippen molar-refractivity contribution >= 4 is 29.4 Å². The van der Waals surface area contributed by atoms with E-state index in [4.69, 9.17) is 10.5 Å². The molecule has 3 aliphatic rings. The van der Waals surface area contributed by atoms with Crippen molar-refractivity contribution in [1.82, 2.24) is 4.90 Å². The zero-order valence-corrected chi connectivity index (χ0v) is 23.2. The van der Waals surface area contributed by atoms with Crippen LogP contribution in [0.3, 0.4) is 0 Å². The van der Waals surface area contributed by atoms with Gasteiger partial charge in [0.2, 0.25) is 11.7 Å². The van der Waals surface area contributed by atoms with Gasteiger partial charge >= 0.3 is 5.97 Å². The van der Waals surface area contributed by atoms with Crippen molar-refractivity contribution in [3.63, 3.8) is 0 Å². The van der Waals surface area contributed by atoms with Gasteiger partial charge in [0.05, 0.1) is 18.4 Å². The molecule has 36 heavy (non-hydrogen) atoms. The second kappa shape index (κ2) is 9.56. The smallest absolute Gasteiger partial charge is 0.307 e. The van der Waals surface area contributed by atoms with Crippen LogP contribution in [-0.4, -0.2) is 52.4 Å². The first-order valence-electron chi connectivity index (χ1n) is 13.2. The second-order valence-corrected chi connectivity index (χ2v) is 13.9. The number of nitrogens with zero attached hydrogens (tertiary/aromatic N) is 1.